The summed E-state index contributed by atoms with van der Waals surface area (Å²) in [4.78, 5) is -0.184. The molecule has 0 unspecified atom stereocenters. The number of halogens is 1. The van der Waals surface area contributed by atoms with Crippen LogP contribution in [0.5, 0.6) is 0 Å². The molecule has 1 aromatic heterocycles. The second-order valence-electron chi connectivity index (χ2n) is 4.31. The molecule has 0 spiro atoms. The molecule has 1 heterocycles. The standard InChI is InChI=1S/C12H14FN3O3S/c1-7-10(8(2)19-16-7)6-15-20(17,18)9-3-4-12(14)11(13)5-9/h3-5,15H,6,14H2,1-2H3. The van der Waals surface area contributed by atoms with Crippen LogP contribution in [0, 0.1) is 19.7 Å². The monoisotopic (exact) mass is 299 g/mol. The van der Waals surface area contributed by atoms with E-state index < -0.39 is 15.8 Å². The Labute approximate surface area is 115 Å². The minimum atomic E-state index is -3.82. The zero-order valence-electron chi connectivity index (χ0n) is 11.0. The molecule has 0 aliphatic carbocycles. The molecule has 2 aromatic rings. The van der Waals surface area contributed by atoms with Gasteiger partial charge in [0, 0.05) is 12.1 Å². The Hall–Kier alpha value is -1.93. The smallest absolute Gasteiger partial charge is 0.240 e. The molecule has 0 aliphatic rings. The average Bonchev–Trinajstić information content (AvgIpc) is 2.70. The highest BCUT2D eigenvalue weighted by molar-refractivity contribution is 7.89. The van der Waals surface area contributed by atoms with Crippen molar-refractivity contribution in [1.29, 1.82) is 0 Å². The molecule has 0 fully saturated rings. The highest BCUT2D eigenvalue weighted by Crippen LogP contribution is 2.17. The lowest BCUT2D eigenvalue weighted by Gasteiger charge is -2.07. The molecule has 0 atom stereocenters. The fraction of sp³-hybridized carbons (Fsp3) is 0.250. The molecule has 2 rings (SSSR count). The first-order valence-electron chi connectivity index (χ1n) is 5.77. The van der Waals surface area contributed by atoms with Gasteiger partial charge in [0.05, 0.1) is 16.3 Å². The molecule has 0 amide bonds. The van der Waals surface area contributed by atoms with Crippen molar-refractivity contribution >= 4 is 15.7 Å². The number of aromatic nitrogens is 1. The number of nitrogens with zero attached hydrogens (tertiary/aromatic N) is 1. The van der Waals surface area contributed by atoms with Gasteiger partial charge >= 0.3 is 0 Å². The molecule has 1 aromatic carbocycles. The number of aryl methyl sites for hydroxylation is 2. The van der Waals surface area contributed by atoms with Crippen molar-refractivity contribution in [2.45, 2.75) is 25.3 Å². The molecule has 0 bridgehead atoms. The van der Waals surface area contributed by atoms with E-state index in [1.165, 1.54) is 12.1 Å². The second kappa shape index (κ2) is 5.22. The number of hydrogen-bond donors (Lipinski definition) is 2. The van der Waals surface area contributed by atoms with Crippen molar-refractivity contribution in [2.75, 3.05) is 5.73 Å². The van der Waals surface area contributed by atoms with Crippen LogP contribution in [-0.4, -0.2) is 13.6 Å². The predicted octanol–water partition coefficient (Wildman–Crippen LogP) is 1.49. The molecule has 20 heavy (non-hydrogen) atoms. The number of nitrogens with two attached hydrogens (primary N) is 1. The highest BCUT2D eigenvalue weighted by Gasteiger charge is 2.18. The van der Waals surface area contributed by atoms with Crippen molar-refractivity contribution in [1.82, 2.24) is 9.88 Å². The van der Waals surface area contributed by atoms with E-state index in [-0.39, 0.29) is 17.1 Å². The summed E-state index contributed by atoms with van der Waals surface area (Å²) in [5.41, 5.74) is 6.47. The minimum absolute atomic E-state index is 0.0233. The summed E-state index contributed by atoms with van der Waals surface area (Å²) in [6.07, 6.45) is 0. The third kappa shape index (κ3) is 2.81. The van der Waals surface area contributed by atoms with Gasteiger partial charge in [0.15, 0.2) is 0 Å². The zero-order chi connectivity index (χ0) is 14.9. The van der Waals surface area contributed by atoms with Crippen LogP contribution in [0.25, 0.3) is 0 Å². The van der Waals surface area contributed by atoms with Crippen LogP contribution in [0.3, 0.4) is 0 Å². The number of sulfonamides is 1. The first-order valence-corrected chi connectivity index (χ1v) is 7.26. The average molecular weight is 299 g/mol. The molecule has 0 aliphatic heterocycles. The predicted molar refractivity (Wildman–Crippen MR) is 70.8 cm³/mol. The van der Waals surface area contributed by atoms with Crippen LogP contribution in [0.1, 0.15) is 17.0 Å². The third-order valence-corrected chi connectivity index (χ3v) is 4.30. The SMILES string of the molecule is Cc1noc(C)c1CNS(=O)(=O)c1ccc(N)c(F)c1. The lowest BCUT2D eigenvalue weighted by atomic mass is 10.2. The van der Waals surface area contributed by atoms with Gasteiger partial charge in [-0.15, -0.1) is 0 Å². The number of benzene rings is 1. The topological polar surface area (TPSA) is 98.2 Å². The van der Waals surface area contributed by atoms with Gasteiger partial charge in [-0.2, -0.15) is 0 Å². The van der Waals surface area contributed by atoms with Crippen LogP contribution < -0.4 is 10.5 Å². The zero-order valence-corrected chi connectivity index (χ0v) is 11.8. The minimum Gasteiger partial charge on any atom is -0.396 e. The Morgan fingerprint density at radius 1 is 1.40 bits per heavy atom. The largest absolute Gasteiger partial charge is 0.396 e. The van der Waals surface area contributed by atoms with Gasteiger partial charge in [-0.05, 0) is 32.0 Å². The Morgan fingerprint density at radius 2 is 2.10 bits per heavy atom. The van der Waals surface area contributed by atoms with Crippen LogP contribution >= 0.6 is 0 Å². The van der Waals surface area contributed by atoms with E-state index in [0.717, 1.165) is 6.07 Å². The van der Waals surface area contributed by atoms with E-state index >= 15 is 0 Å². The Balaban J connectivity index is 2.21. The van der Waals surface area contributed by atoms with Gasteiger partial charge in [-0.25, -0.2) is 17.5 Å². The van der Waals surface area contributed by atoms with E-state index in [2.05, 4.69) is 9.88 Å². The molecular weight excluding hydrogens is 285 g/mol. The summed E-state index contributed by atoms with van der Waals surface area (Å²) >= 11 is 0. The number of hydrogen-bond acceptors (Lipinski definition) is 5. The summed E-state index contributed by atoms with van der Waals surface area (Å²) < 4.78 is 44.7. The summed E-state index contributed by atoms with van der Waals surface area (Å²) in [5, 5.41) is 3.73. The van der Waals surface area contributed by atoms with E-state index in [4.69, 9.17) is 10.3 Å². The first kappa shape index (κ1) is 14.5. The molecule has 0 saturated heterocycles. The van der Waals surface area contributed by atoms with Crippen LogP contribution in [0.15, 0.2) is 27.6 Å². The molecule has 3 N–H and O–H groups in total. The maximum absolute atomic E-state index is 13.3. The lowest BCUT2D eigenvalue weighted by Crippen LogP contribution is -2.24. The maximum atomic E-state index is 13.3. The van der Waals surface area contributed by atoms with Crippen LogP contribution in [0.2, 0.25) is 0 Å². The summed E-state index contributed by atoms with van der Waals surface area (Å²) in [5.74, 6) is -0.237. The van der Waals surface area contributed by atoms with Crippen molar-refractivity contribution in [3.63, 3.8) is 0 Å². The summed E-state index contributed by atoms with van der Waals surface area (Å²) in [6, 6.07) is 3.33. The van der Waals surface area contributed by atoms with Gasteiger partial charge in [0.25, 0.3) is 0 Å². The van der Waals surface area contributed by atoms with E-state index in [1.54, 1.807) is 13.8 Å². The number of rotatable bonds is 4. The number of anilines is 1. The molecule has 8 heteroatoms. The highest BCUT2D eigenvalue weighted by atomic mass is 32.2. The van der Waals surface area contributed by atoms with Gasteiger partial charge < -0.3 is 10.3 Å². The number of nitrogens with one attached hydrogen (secondary N) is 1. The van der Waals surface area contributed by atoms with E-state index in [0.29, 0.717) is 17.0 Å². The summed E-state index contributed by atoms with van der Waals surface area (Å²) in [7, 11) is -3.82. The maximum Gasteiger partial charge on any atom is 0.240 e. The Kier molecular flexibility index (Phi) is 3.78. The molecule has 0 radical (unpaired) electrons. The Morgan fingerprint density at radius 3 is 2.65 bits per heavy atom. The molecule has 0 saturated carbocycles. The third-order valence-electron chi connectivity index (χ3n) is 2.90. The van der Waals surface area contributed by atoms with Crippen molar-refractivity contribution < 1.29 is 17.3 Å². The van der Waals surface area contributed by atoms with Crippen molar-refractivity contribution in [3.8, 4) is 0 Å². The number of nitrogen functional groups attached to an aromatic ring is 1. The van der Waals surface area contributed by atoms with Gasteiger partial charge in [0.2, 0.25) is 10.0 Å². The fourth-order valence-corrected chi connectivity index (χ4v) is 2.69. The fourth-order valence-electron chi connectivity index (χ4n) is 1.68. The van der Waals surface area contributed by atoms with Gasteiger partial charge in [-0.1, -0.05) is 5.16 Å². The molecular formula is C12H14FN3O3S. The second-order valence-corrected chi connectivity index (χ2v) is 6.08. The van der Waals surface area contributed by atoms with Gasteiger partial charge in [-0.3, -0.25) is 0 Å². The molecule has 108 valence electrons. The van der Waals surface area contributed by atoms with Crippen LogP contribution in [0.4, 0.5) is 10.1 Å². The van der Waals surface area contributed by atoms with E-state index in [9.17, 15) is 12.8 Å². The van der Waals surface area contributed by atoms with Crippen molar-refractivity contribution in [2.24, 2.45) is 0 Å². The quantitative estimate of drug-likeness (QED) is 0.833. The van der Waals surface area contributed by atoms with Gasteiger partial charge in [0.1, 0.15) is 11.6 Å². The van der Waals surface area contributed by atoms with Crippen molar-refractivity contribution in [3.05, 3.63) is 41.0 Å². The first-order chi connectivity index (χ1) is 9.31. The molecule has 6 nitrogen and oxygen atoms in total. The normalized spacial score (nSPS) is 11.8. The Bertz CT molecular complexity index is 721. The van der Waals surface area contributed by atoms with E-state index in [1.807, 2.05) is 0 Å². The van der Waals surface area contributed by atoms with Crippen LogP contribution in [-0.2, 0) is 16.6 Å². The summed E-state index contributed by atoms with van der Waals surface area (Å²) in [6.45, 7) is 3.42. The lowest BCUT2D eigenvalue weighted by molar-refractivity contribution is 0.392.